The fraction of sp³-hybridized carbons (Fsp3) is 0.417. The summed E-state index contributed by atoms with van der Waals surface area (Å²) in [6.45, 7) is 2.17. The van der Waals surface area contributed by atoms with Crippen LogP contribution in [-0.2, 0) is 9.59 Å². The largest absolute Gasteiger partial charge is 0.296 e. The average Bonchev–Trinajstić information content (AvgIpc) is 2.68. The van der Waals surface area contributed by atoms with Gasteiger partial charge in [0.25, 0.3) is 0 Å². The lowest BCUT2D eigenvalue weighted by molar-refractivity contribution is -0.117. The van der Waals surface area contributed by atoms with Gasteiger partial charge in [-0.15, -0.1) is 0 Å². The topological polar surface area (TPSA) is 50.3 Å². The molecule has 0 aliphatic carbocycles. The molecular weight excluding hydrogens is 396 g/mol. The first-order chi connectivity index (χ1) is 8.97. The van der Waals surface area contributed by atoms with Crippen molar-refractivity contribution in [2.24, 2.45) is 5.92 Å². The summed E-state index contributed by atoms with van der Waals surface area (Å²) in [4.78, 5) is 29.0. The maximum atomic E-state index is 12.0. The van der Waals surface area contributed by atoms with E-state index in [-0.39, 0.29) is 16.9 Å². The molecule has 102 valence electrons. The van der Waals surface area contributed by atoms with E-state index in [0.717, 1.165) is 8.95 Å². The summed E-state index contributed by atoms with van der Waals surface area (Å²) in [7, 11) is 0. The molecule has 0 N–H and O–H groups in total. The van der Waals surface area contributed by atoms with Gasteiger partial charge >= 0.3 is 0 Å². The van der Waals surface area contributed by atoms with Crippen LogP contribution < -0.4 is 4.90 Å². The maximum absolute atomic E-state index is 12.0. The van der Waals surface area contributed by atoms with Crippen molar-refractivity contribution in [1.29, 1.82) is 0 Å². The summed E-state index contributed by atoms with van der Waals surface area (Å²) in [5.41, 5.74) is 0. The lowest BCUT2D eigenvalue weighted by Gasteiger charge is -2.17. The molecule has 2 heterocycles. The van der Waals surface area contributed by atoms with Crippen LogP contribution >= 0.6 is 43.6 Å². The number of rotatable bonds is 3. The molecule has 1 aliphatic rings. The van der Waals surface area contributed by atoms with Gasteiger partial charge in [0.05, 0.1) is 4.47 Å². The molecule has 0 aromatic carbocycles. The van der Waals surface area contributed by atoms with Crippen LogP contribution in [0.4, 0.5) is 5.82 Å². The van der Waals surface area contributed by atoms with Gasteiger partial charge in [-0.25, -0.2) is 4.98 Å². The Kier molecular flexibility index (Phi) is 5.03. The summed E-state index contributed by atoms with van der Waals surface area (Å²) in [5, 5.41) is 0.0915. The Bertz CT molecular complexity index is 524. The van der Waals surface area contributed by atoms with Crippen molar-refractivity contribution in [2.45, 2.75) is 13.3 Å². The van der Waals surface area contributed by atoms with Gasteiger partial charge in [-0.2, -0.15) is 0 Å². The zero-order chi connectivity index (χ0) is 14.0. The van der Waals surface area contributed by atoms with E-state index in [1.807, 2.05) is 6.07 Å². The van der Waals surface area contributed by atoms with E-state index >= 15 is 0 Å². The number of hydrogen-bond acceptors (Lipinski definition) is 4. The van der Waals surface area contributed by atoms with Crippen LogP contribution in [0.2, 0.25) is 0 Å². The van der Waals surface area contributed by atoms with Crippen LogP contribution in [0, 0.1) is 5.92 Å². The number of nitrogens with zero attached hydrogens (tertiary/aromatic N) is 2. The molecule has 1 amide bonds. The van der Waals surface area contributed by atoms with Crippen molar-refractivity contribution in [3.05, 3.63) is 21.2 Å². The van der Waals surface area contributed by atoms with Gasteiger partial charge in [0.2, 0.25) is 5.91 Å². The van der Waals surface area contributed by atoms with Gasteiger partial charge in [-0.1, -0.05) is 11.8 Å². The fourth-order valence-electron chi connectivity index (χ4n) is 1.94. The highest BCUT2D eigenvalue weighted by molar-refractivity contribution is 9.11. The Morgan fingerprint density at radius 2 is 2.32 bits per heavy atom. The van der Waals surface area contributed by atoms with Crippen molar-refractivity contribution < 1.29 is 9.59 Å². The molecule has 1 aromatic rings. The van der Waals surface area contributed by atoms with Crippen molar-refractivity contribution in [1.82, 2.24) is 4.98 Å². The number of hydrogen-bond donors (Lipinski definition) is 0. The fourth-order valence-corrected chi connectivity index (χ4v) is 3.83. The summed E-state index contributed by atoms with van der Waals surface area (Å²) in [6, 6.07) is 1.87. The molecule has 0 radical (unpaired) electrons. The standard InChI is InChI=1S/C12H12Br2N2O2S/c1-7(17)19-6-8-2-11(18)16(5-8)12-10(14)3-9(13)4-15-12/h3-4,8H,2,5-6H2,1H3. The minimum Gasteiger partial charge on any atom is -0.296 e. The van der Waals surface area contributed by atoms with Gasteiger partial charge in [-0.3, -0.25) is 14.5 Å². The van der Waals surface area contributed by atoms with E-state index in [9.17, 15) is 9.59 Å². The Morgan fingerprint density at radius 3 is 2.95 bits per heavy atom. The number of aromatic nitrogens is 1. The highest BCUT2D eigenvalue weighted by Crippen LogP contribution is 2.32. The lowest BCUT2D eigenvalue weighted by atomic mass is 10.1. The summed E-state index contributed by atoms with van der Waals surface area (Å²) in [6.07, 6.45) is 2.15. The van der Waals surface area contributed by atoms with Crippen molar-refractivity contribution in [3.63, 3.8) is 0 Å². The second-order valence-corrected chi connectivity index (χ2v) is 7.30. The van der Waals surface area contributed by atoms with Crippen molar-refractivity contribution >= 4 is 60.5 Å². The number of carbonyl (C=O) groups excluding carboxylic acids is 2. The van der Waals surface area contributed by atoms with Gasteiger partial charge in [0.1, 0.15) is 5.82 Å². The van der Waals surface area contributed by atoms with E-state index in [2.05, 4.69) is 36.8 Å². The molecule has 1 aliphatic heterocycles. The van der Waals surface area contributed by atoms with E-state index < -0.39 is 0 Å². The Hall–Kier alpha value is -0.400. The molecule has 1 saturated heterocycles. The number of pyridine rings is 1. The van der Waals surface area contributed by atoms with Gasteiger partial charge in [-0.05, 0) is 43.8 Å². The van der Waals surface area contributed by atoms with Crippen LogP contribution in [-0.4, -0.2) is 28.3 Å². The summed E-state index contributed by atoms with van der Waals surface area (Å²) >= 11 is 8.03. The first kappa shape index (κ1) is 15.0. The number of thioether (sulfide) groups is 1. The molecule has 1 unspecified atom stereocenters. The van der Waals surface area contributed by atoms with Crippen LogP contribution in [0.25, 0.3) is 0 Å². The van der Waals surface area contributed by atoms with Crippen molar-refractivity contribution in [3.8, 4) is 0 Å². The van der Waals surface area contributed by atoms with E-state index in [0.29, 0.717) is 24.5 Å². The van der Waals surface area contributed by atoms with Crippen LogP contribution in [0.15, 0.2) is 21.2 Å². The molecule has 7 heteroatoms. The first-order valence-electron chi connectivity index (χ1n) is 5.72. The third-order valence-corrected chi connectivity index (χ3v) is 4.83. The average molecular weight is 408 g/mol. The summed E-state index contributed by atoms with van der Waals surface area (Å²) < 4.78 is 1.65. The first-order valence-corrected chi connectivity index (χ1v) is 8.29. The molecule has 0 bridgehead atoms. The normalized spacial score (nSPS) is 19.0. The minimum atomic E-state index is 0.0599. The number of anilines is 1. The predicted molar refractivity (Wildman–Crippen MR) is 83.2 cm³/mol. The smallest absolute Gasteiger partial charge is 0.228 e. The SMILES string of the molecule is CC(=O)SCC1CC(=O)N(c2ncc(Br)cc2Br)C1. The van der Waals surface area contributed by atoms with Gasteiger partial charge < -0.3 is 0 Å². The van der Waals surface area contributed by atoms with E-state index in [1.165, 1.54) is 11.8 Å². The summed E-state index contributed by atoms with van der Waals surface area (Å²) in [5.74, 6) is 1.60. The molecule has 0 saturated carbocycles. The monoisotopic (exact) mass is 406 g/mol. The Balaban J connectivity index is 2.09. The Labute approximate surface area is 132 Å². The van der Waals surface area contributed by atoms with Crippen LogP contribution in [0.5, 0.6) is 0 Å². The number of halogens is 2. The molecule has 4 nitrogen and oxygen atoms in total. The second kappa shape index (κ2) is 6.37. The van der Waals surface area contributed by atoms with Gasteiger partial charge in [0, 0.05) is 36.3 Å². The maximum Gasteiger partial charge on any atom is 0.228 e. The molecule has 19 heavy (non-hydrogen) atoms. The molecule has 0 spiro atoms. The lowest BCUT2D eigenvalue weighted by Crippen LogP contribution is -2.26. The second-order valence-electron chi connectivity index (χ2n) is 4.34. The van der Waals surface area contributed by atoms with Crippen LogP contribution in [0.3, 0.4) is 0 Å². The third kappa shape index (κ3) is 3.79. The molecular formula is C12H12Br2N2O2S. The molecule has 1 atom stereocenters. The molecule has 1 fully saturated rings. The number of carbonyl (C=O) groups is 2. The van der Waals surface area contributed by atoms with Crippen LogP contribution in [0.1, 0.15) is 13.3 Å². The van der Waals surface area contributed by atoms with Gasteiger partial charge in [0.15, 0.2) is 5.12 Å². The molecule has 1 aromatic heterocycles. The highest BCUT2D eigenvalue weighted by atomic mass is 79.9. The number of amides is 1. The third-order valence-electron chi connectivity index (χ3n) is 2.77. The minimum absolute atomic E-state index is 0.0599. The molecule has 2 rings (SSSR count). The van der Waals surface area contributed by atoms with E-state index in [1.54, 1.807) is 18.0 Å². The van der Waals surface area contributed by atoms with E-state index in [4.69, 9.17) is 0 Å². The quantitative estimate of drug-likeness (QED) is 0.771. The predicted octanol–water partition coefficient (Wildman–Crippen LogP) is 3.24. The highest BCUT2D eigenvalue weighted by Gasteiger charge is 2.32. The Morgan fingerprint density at radius 1 is 1.58 bits per heavy atom. The van der Waals surface area contributed by atoms with Crippen molar-refractivity contribution in [2.75, 3.05) is 17.2 Å². The zero-order valence-electron chi connectivity index (χ0n) is 10.2. The zero-order valence-corrected chi connectivity index (χ0v) is 14.2.